The van der Waals surface area contributed by atoms with Crippen LogP contribution in [0.15, 0.2) is 30.3 Å². The molecule has 1 saturated heterocycles. The predicted molar refractivity (Wildman–Crippen MR) is 164 cm³/mol. The molecule has 5 N–H and O–H groups in total. The number of likely N-dealkylation sites (tertiary alicyclic amines) is 1. The van der Waals surface area contributed by atoms with Crippen LogP contribution in [0.3, 0.4) is 0 Å². The number of hydrogen-bond acceptors (Lipinski definition) is 6. The molecule has 1 heterocycles. The number of hydrogen-bond donors (Lipinski definition) is 4. The van der Waals surface area contributed by atoms with Crippen molar-refractivity contribution in [3.8, 4) is 0 Å². The minimum absolute atomic E-state index is 0.0687. The predicted octanol–water partition coefficient (Wildman–Crippen LogP) is 2.43. The van der Waals surface area contributed by atoms with E-state index >= 15 is 0 Å². The van der Waals surface area contributed by atoms with Crippen LogP contribution in [0.4, 0.5) is 4.79 Å². The van der Waals surface area contributed by atoms with Crippen molar-refractivity contribution in [2.75, 3.05) is 6.54 Å². The van der Waals surface area contributed by atoms with E-state index in [1.807, 2.05) is 48.5 Å². The van der Waals surface area contributed by atoms with Gasteiger partial charge in [-0.15, -0.1) is 0 Å². The lowest BCUT2D eigenvalue weighted by atomic mass is 9.85. The number of urea groups is 1. The first-order valence-corrected chi connectivity index (χ1v) is 15.6. The molecule has 0 radical (unpaired) electrons. The smallest absolute Gasteiger partial charge is 0.316 e. The van der Waals surface area contributed by atoms with Gasteiger partial charge in [-0.2, -0.15) is 0 Å². The van der Waals surface area contributed by atoms with E-state index in [4.69, 9.17) is 5.73 Å². The molecule has 1 aromatic carbocycles. The Balaban J connectivity index is 1.53. The van der Waals surface area contributed by atoms with Gasteiger partial charge in [-0.05, 0) is 40.9 Å². The van der Waals surface area contributed by atoms with Crippen LogP contribution in [0.5, 0.6) is 0 Å². The lowest BCUT2D eigenvalue weighted by Gasteiger charge is -2.38. The normalized spacial score (nSPS) is 24.0. The second-order valence-corrected chi connectivity index (χ2v) is 14.7. The van der Waals surface area contributed by atoms with E-state index in [-0.39, 0.29) is 34.9 Å². The van der Waals surface area contributed by atoms with Gasteiger partial charge in [0.05, 0.1) is 12.1 Å². The number of nitrogens with two attached hydrogens (primary N) is 1. The summed E-state index contributed by atoms with van der Waals surface area (Å²) in [6.07, 6.45) is 2.16. The van der Waals surface area contributed by atoms with Crippen LogP contribution in [0, 0.1) is 34.5 Å². The van der Waals surface area contributed by atoms with Crippen molar-refractivity contribution < 1.29 is 28.8 Å². The summed E-state index contributed by atoms with van der Waals surface area (Å²) in [4.78, 5) is 80.4. The third kappa shape index (κ3) is 6.97. The van der Waals surface area contributed by atoms with Crippen molar-refractivity contribution >= 4 is 35.3 Å². The average molecular weight is 610 g/mol. The van der Waals surface area contributed by atoms with Crippen LogP contribution in [-0.2, 0) is 19.2 Å². The van der Waals surface area contributed by atoms with E-state index in [1.165, 1.54) is 4.90 Å². The molecule has 240 valence electrons. The zero-order valence-corrected chi connectivity index (χ0v) is 26.8. The number of piperidine rings is 1. The van der Waals surface area contributed by atoms with E-state index in [0.717, 1.165) is 12.8 Å². The van der Waals surface area contributed by atoms with Crippen molar-refractivity contribution in [2.24, 2.45) is 40.2 Å². The summed E-state index contributed by atoms with van der Waals surface area (Å²) in [6.45, 7) is 13.5. The van der Waals surface area contributed by atoms with Gasteiger partial charge in [0, 0.05) is 12.1 Å². The van der Waals surface area contributed by atoms with Crippen LogP contribution in [0.25, 0.3) is 0 Å². The number of carbonyl (C=O) groups is 6. The molecule has 2 saturated carbocycles. The molecule has 0 aromatic heterocycles. The minimum Gasteiger partial charge on any atom is -0.363 e. The second kappa shape index (κ2) is 12.3. The largest absolute Gasteiger partial charge is 0.363 e. The first-order chi connectivity index (χ1) is 20.4. The quantitative estimate of drug-likeness (QED) is 0.210. The van der Waals surface area contributed by atoms with Gasteiger partial charge in [0.15, 0.2) is 5.78 Å². The van der Waals surface area contributed by atoms with Crippen LogP contribution < -0.4 is 21.7 Å². The molecule has 6 atom stereocenters. The SMILES string of the molecule is CC(C)[C@@H](NC(=O)N[C@H](C(=O)N1C[C@H]2[C@@H]([C@H]1C(=O)NC(CC1CC1)C(=O)C(N)=O)C2(C)C)C(C)(C)C)C(=O)c1ccccc1. The molecule has 2 aliphatic carbocycles. The van der Waals surface area contributed by atoms with Gasteiger partial charge in [-0.1, -0.05) is 91.6 Å². The van der Waals surface area contributed by atoms with Crippen LogP contribution in [0.1, 0.15) is 78.1 Å². The number of rotatable bonds is 12. The van der Waals surface area contributed by atoms with Crippen molar-refractivity contribution in [1.29, 1.82) is 0 Å². The number of amides is 5. The molecule has 0 spiro atoms. The van der Waals surface area contributed by atoms with E-state index in [1.54, 1.807) is 30.3 Å². The molecular weight excluding hydrogens is 562 g/mol. The molecule has 1 aromatic rings. The van der Waals surface area contributed by atoms with Gasteiger partial charge in [-0.3, -0.25) is 24.0 Å². The fourth-order valence-corrected chi connectivity index (χ4v) is 6.61. The fourth-order valence-electron chi connectivity index (χ4n) is 6.61. The topological polar surface area (TPSA) is 168 Å². The van der Waals surface area contributed by atoms with Crippen LogP contribution in [0.2, 0.25) is 0 Å². The molecule has 0 bridgehead atoms. The Kier molecular flexibility index (Phi) is 9.28. The maximum absolute atomic E-state index is 14.2. The van der Waals surface area contributed by atoms with Crippen LogP contribution >= 0.6 is 0 Å². The fraction of sp³-hybridized carbons (Fsp3) is 0.636. The molecule has 44 heavy (non-hydrogen) atoms. The summed E-state index contributed by atoms with van der Waals surface area (Å²) in [6, 6.07) is 4.28. The highest BCUT2D eigenvalue weighted by molar-refractivity contribution is 6.37. The maximum Gasteiger partial charge on any atom is 0.316 e. The Labute approximate surface area is 259 Å². The Bertz CT molecular complexity index is 1320. The molecule has 3 aliphatic rings. The monoisotopic (exact) mass is 609 g/mol. The van der Waals surface area contributed by atoms with Gasteiger partial charge in [-0.25, -0.2) is 4.79 Å². The number of nitrogens with one attached hydrogen (secondary N) is 3. The van der Waals surface area contributed by atoms with Gasteiger partial charge < -0.3 is 26.6 Å². The van der Waals surface area contributed by atoms with E-state index in [0.29, 0.717) is 18.5 Å². The van der Waals surface area contributed by atoms with Gasteiger partial charge in [0.25, 0.3) is 5.91 Å². The Morgan fingerprint density at radius 2 is 1.59 bits per heavy atom. The molecule has 1 unspecified atom stereocenters. The number of nitrogens with zero attached hydrogens (tertiary/aromatic N) is 1. The Morgan fingerprint density at radius 3 is 2.11 bits per heavy atom. The lowest BCUT2D eigenvalue weighted by Crippen LogP contribution is -2.62. The summed E-state index contributed by atoms with van der Waals surface area (Å²) in [5.41, 5.74) is 4.82. The number of carbonyl (C=O) groups excluding carboxylic acids is 6. The number of benzene rings is 1. The molecular formula is C33H47N5O6. The summed E-state index contributed by atoms with van der Waals surface area (Å²) in [5, 5.41) is 8.33. The average Bonchev–Trinajstić information content (AvgIpc) is 3.80. The van der Waals surface area contributed by atoms with E-state index in [2.05, 4.69) is 16.0 Å². The Hall–Kier alpha value is -3.76. The highest BCUT2D eigenvalue weighted by atomic mass is 16.2. The number of ketones is 2. The first-order valence-electron chi connectivity index (χ1n) is 15.6. The number of primary amides is 1. The van der Waals surface area contributed by atoms with Gasteiger partial charge in [0.2, 0.25) is 17.6 Å². The molecule has 11 nitrogen and oxygen atoms in total. The minimum atomic E-state index is -1.10. The van der Waals surface area contributed by atoms with Crippen molar-refractivity contribution in [2.45, 2.75) is 91.9 Å². The standard InChI is InChI=1S/C33H47N5O6/c1-17(2)23(25(39)19-11-9-8-10-12-19)36-31(44)37-27(32(3,4)5)30(43)38-16-20-22(33(20,6)7)24(38)29(42)35-21(15-18-13-14-18)26(40)28(34)41/h8-12,17-18,20-24,27H,13-16H2,1-7H3,(H2,34,41)(H,35,42)(H2,36,37,44)/t20-,21?,22-,23+,24-,27+/m0/s1. The highest BCUT2D eigenvalue weighted by Crippen LogP contribution is 2.65. The van der Waals surface area contributed by atoms with Crippen LogP contribution in [-0.4, -0.2) is 70.9 Å². The van der Waals surface area contributed by atoms with Crippen molar-refractivity contribution in [1.82, 2.24) is 20.9 Å². The summed E-state index contributed by atoms with van der Waals surface area (Å²) in [7, 11) is 0. The van der Waals surface area contributed by atoms with Gasteiger partial charge in [0.1, 0.15) is 12.1 Å². The molecule has 4 rings (SSSR count). The zero-order valence-electron chi connectivity index (χ0n) is 26.8. The third-order valence-corrected chi connectivity index (χ3v) is 9.58. The van der Waals surface area contributed by atoms with Gasteiger partial charge >= 0.3 is 6.03 Å². The Morgan fingerprint density at radius 1 is 0.977 bits per heavy atom. The maximum atomic E-state index is 14.2. The molecule has 5 amide bonds. The number of fused-ring (bicyclic) bond motifs is 1. The molecule has 3 fully saturated rings. The summed E-state index contributed by atoms with van der Waals surface area (Å²) in [5.74, 6) is -3.15. The van der Waals surface area contributed by atoms with Crippen molar-refractivity contribution in [3.05, 3.63) is 35.9 Å². The number of Topliss-reactive ketones (excluding diaryl/α,β-unsaturated/α-hetero) is 2. The first kappa shape index (κ1) is 33.1. The molecule has 11 heteroatoms. The third-order valence-electron chi connectivity index (χ3n) is 9.58. The lowest BCUT2D eigenvalue weighted by molar-refractivity contribution is -0.145. The molecule has 1 aliphatic heterocycles. The zero-order chi connectivity index (χ0) is 32.7. The summed E-state index contributed by atoms with van der Waals surface area (Å²) < 4.78 is 0. The highest BCUT2D eigenvalue weighted by Gasteiger charge is 2.70. The summed E-state index contributed by atoms with van der Waals surface area (Å²) >= 11 is 0. The van der Waals surface area contributed by atoms with E-state index in [9.17, 15) is 28.8 Å². The van der Waals surface area contributed by atoms with Crippen molar-refractivity contribution in [3.63, 3.8) is 0 Å². The second-order valence-electron chi connectivity index (χ2n) is 14.7. The van der Waals surface area contributed by atoms with E-state index < -0.39 is 59.1 Å².